The maximum absolute atomic E-state index is 11.3. The van der Waals surface area contributed by atoms with Crippen LogP contribution in [-0.2, 0) is 9.53 Å². The highest BCUT2D eigenvalue weighted by molar-refractivity contribution is 5.77. The Morgan fingerprint density at radius 3 is 2.53 bits per heavy atom. The minimum atomic E-state index is -1.13. The fourth-order valence-corrected chi connectivity index (χ4v) is 1.19. The molecule has 0 saturated heterocycles. The number of benzene rings is 1. The van der Waals surface area contributed by atoms with Crippen LogP contribution in [0.25, 0.3) is 10.4 Å². The average molecular weight is 236 g/mol. The van der Waals surface area contributed by atoms with Crippen LogP contribution in [0.1, 0.15) is 11.6 Å². The zero-order chi connectivity index (χ0) is 12.8. The second-order valence-electron chi connectivity index (χ2n) is 2.98. The van der Waals surface area contributed by atoms with Crippen molar-refractivity contribution < 1.29 is 14.5 Å². The van der Waals surface area contributed by atoms with Gasteiger partial charge in [0.2, 0.25) is 0 Å². The van der Waals surface area contributed by atoms with Gasteiger partial charge in [-0.05, 0) is 11.1 Å². The van der Waals surface area contributed by atoms with Crippen molar-refractivity contribution >= 4 is 11.7 Å². The molecule has 17 heavy (non-hydrogen) atoms. The molecule has 0 amide bonds. The van der Waals surface area contributed by atoms with Gasteiger partial charge in [0, 0.05) is 17.0 Å². The number of hydrogen-bond acceptors (Lipinski definition) is 5. The molecular formula is C9H8N4O4. The number of nitro benzene ring substituents is 1. The smallest absolute Gasteiger partial charge is 0.319 e. The van der Waals surface area contributed by atoms with Crippen LogP contribution in [-0.4, -0.2) is 18.0 Å². The van der Waals surface area contributed by atoms with Crippen LogP contribution in [0.2, 0.25) is 0 Å². The van der Waals surface area contributed by atoms with Gasteiger partial charge in [0.25, 0.3) is 5.69 Å². The van der Waals surface area contributed by atoms with E-state index in [0.717, 1.165) is 7.11 Å². The summed E-state index contributed by atoms with van der Waals surface area (Å²) in [6.45, 7) is 0. The molecule has 0 fully saturated rings. The SMILES string of the molecule is COC(=O)C(N=[N+]=[N-])c1ccc([N+](=O)[O-])cc1. The normalized spacial score (nSPS) is 11.1. The molecule has 0 aromatic heterocycles. The van der Waals surface area contributed by atoms with Gasteiger partial charge in [-0.1, -0.05) is 17.2 Å². The third-order valence-corrected chi connectivity index (χ3v) is 2.01. The number of carbonyl (C=O) groups excluding carboxylic acids is 1. The van der Waals surface area contributed by atoms with Crippen LogP contribution in [0.3, 0.4) is 0 Å². The highest BCUT2D eigenvalue weighted by Crippen LogP contribution is 2.22. The van der Waals surface area contributed by atoms with Crippen LogP contribution in [0.15, 0.2) is 29.4 Å². The third-order valence-electron chi connectivity index (χ3n) is 2.01. The second kappa shape index (κ2) is 5.47. The summed E-state index contributed by atoms with van der Waals surface area (Å²) in [6.07, 6.45) is 0. The summed E-state index contributed by atoms with van der Waals surface area (Å²) in [6, 6.07) is 3.99. The van der Waals surface area contributed by atoms with Crippen LogP contribution >= 0.6 is 0 Å². The summed E-state index contributed by atoms with van der Waals surface area (Å²) in [7, 11) is 1.16. The van der Waals surface area contributed by atoms with Gasteiger partial charge in [-0.15, -0.1) is 0 Å². The maximum Gasteiger partial charge on any atom is 0.319 e. The number of azide groups is 1. The van der Waals surface area contributed by atoms with E-state index in [1.165, 1.54) is 24.3 Å². The molecule has 8 nitrogen and oxygen atoms in total. The second-order valence-corrected chi connectivity index (χ2v) is 2.98. The van der Waals surface area contributed by atoms with E-state index in [2.05, 4.69) is 14.8 Å². The van der Waals surface area contributed by atoms with Crippen LogP contribution in [0, 0.1) is 10.1 Å². The van der Waals surface area contributed by atoms with E-state index < -0.39 is 16.9 Å². The van der Waals surface area contributed by atoms with E-state index in [1.807, 2.05) is 0 Å². The minimum Gasteiger partial charge on any atom is -0.468 e. The quantitative estimate of drug-likeness (QED) is 0.198. The molecule has 0 N–H and O–H groups in total. The van der Waals surface area contributed by atoms with E-state index >= 15 is 0 Å². The van der Waals surface area contributed by atoms with E-state index in [1.54, 1.807) is 0 Å². The lowest BCUT2D eigenvalue weighted by atomic mass is 10.1. The van der Waals surface area contributed by atoms with E-state index in [4.69, 9.17) is 5.53 Å². The molecule has 0 heterocycles. The van der Waals surface area contributed by atoms with Crippen molar-refractivity contribution in [3.8, 4) is 0 Å². The fourth-order valence-electron chi connectivity index (χ4n) is 1.19. The Kier molecular flexibility index (Phi) is 4.02. The first-order valence-electron chi connectivity index (χ1n) is 4.46. The number of nitro groups is 1. The van der Waals surface area contributed by atoms with Gasteiger partial charge in [-0.25, -0.2) is 0 Å². The number of hydrogen-bond donors (Lipinski definition) is 0. The summed E-state index contributed by atoms with van der Waals surface area (Å²) < 4.78 is 4.46. The van der Waals surface area contributed by atoms with Gasteiger partial charge in [-0.3, -0.25) is 14.9 Å². The van der Waals surface area contributed by atoms with Crippen LogP contribution in [0.4, 0.5) is 5.69 Å². The Morgan fingerprint density at radius 2 is 2.12 bits per heavy atom. The molecule has 0 radical (unpaired) electrons. The summed E-state index contributed by atoms with van der Waals surface area (Å²) >= 11 is 0. The monoisotopic (exact) mass is 236 g/mol. The molecule has 0 spiro atoms. The molecule has 0 aliphatic heterocycles. The molecule has 88 valence electrons. The number of methoxy groups -OCH3 is 1. The van der Waals surface area contributed by atoms with Gasteiger partial charge in [-0.2, -0.15) is 0 Å². The van der Waals surface area contributed by atoms with Crippen LogP contribution < -0.4 is 0 Å². The maximum atomic E-state index is 11.3. The van der Waals surface area contributed by atoms with Crippen molar-refractivity contribution in [3.05, 3.63) is 50.4 Å². The number of carbonyl (C=O) groups is 1. The topological polar surface area (TPSA) is 118 Å². The van der Waals surface area contributed by atoms with Crippen molar-refractivity contribution in [2.45, 2.75) is 6.04 Å². The molecule has 8 heteroatoms. The zero-order valence-corrected chi connectivity index (χ0v) is 8.81. The van der Waals surface area contributed by atoms with E-state index in [0.29, 0.717) is 5.56 Å². The Bertz CT molecular complexity index is 478. The zero-order valence-electron chi connectivity index (χ0n) is 8.81. The lowest BCUT2D eigenvalue weighted by Gasteiger charge is -2.08. The Morgan fingerprint density at radius 1 is 1.53 bits per heavy atom. The summed E-state index contributed by atoms with van der Waals surface area (Å²) in [4.78, 5) is 23.7. The van der Waals surface area contributed by atoms with Gasteiger partial charge in [0.05, 0.1) is 12.0 Å². The van der Waals surface area contributed by atoms with Crippen molar-refractivity contribution in [1.29, 1.82) is 0 Å². The first-order chi connectivity index (χ1) is 8.10. The van der Waals surface area contributed by atoms with Crippen molar-refractivity contribution in [2.24, 2.45) is 5.11 Å². The first-order valence-corrected chi connectivity index (χ1v) is 4.46. The van der Waals surface area contributed by atoms with Crippen molar-refractivity contribution in [1.82, 2.24) is 0 Å². The number of ether oxygens (including phenoxy) is 1. The number of non-ortho nitro benzene ring substituents is 1. The van der Waals surface area contributed by atoms with E-state index in [-0.39, 0.29) is 5.69 Å². The summed E-state index contributed by atoms with van der Waals surface area (Å²) in [5, 5.41) is 13.7. The number of rotatable bonds is 4. The highest BCUT2D eigenvalue weighted by Gasteiger charge is 2.20. The molecule has 1 aromatic carbocycles. The third kappa shape index (κ3) is 2.93. The van der Waals surface area contributed by atoms with Gasteiger partial charge < -0.3 is 4.74 Å². The fraction of sp³-hybridized carbons (Fsp3) is 0.222. The van der Waals surface area contributed by atoms with Gasteiger partial charge in [0.1, 0.15) is 0 Å². The average Bonchev–Trinajstić information content (AvgIpc) is 2.35. The molecule has 0 aliphatic carbocycles. The predicted octanol–water partition coefficient (Wildman–Crippen LogP) is 2.12. The van der Waals surface area contributed by atoms with Crippen LogP contribution in [0.5, 0.6) is 0 Å². The molecule has 1 rings (SSSR count). The predicted molar refractivity (Wildman–Crippen MR) is 57.0 cm³/mol. The summed E-state index contributed by atoms with van der Waals surface area (Å²) in [5.74, 6) is -0.725. The molecule has 1 aromatic rings. The van der Waals surface area contributed by atoms with Crippen molar-refractivity contribution in [2.75, 3.05) is 7.11 Å². The Balaban J connectivity index is 3.07. The number of esters is 1. The standard InChI is InChI=1S/C9H8N4O4/c1-17-9(14)8(11-12-10)6-2-4-7(5-3-6)13(15)16/h2-5,8H,1H3. The first kappa shape index (κ1) is 12.5. The largest absolute Gasteiger partial charge is 0.468 e. The van der Waals surface area contributed by atoms with Gasteiger partial charge >= 0.3 is 5.97 Å². The van der Waals surface area contributed by atoms with Crippen molar-refractivity contribution in [3.63, 3.8) is 0 Å². The molecule has 1 atom stereocenters. The molecule has 0 aliphatic rings. The van der Waals surface area contributed by atoms with Gasteiger partial charge in [0.15, 0.2) is 6.04 Å². The molecule has 1 unspecified atom stereocenters. The number of nitrogens with zero attached hydrogens (tertiary/aromatic N) is 4. The lowest BCUT2D eigenvalue weighted by molar-refractivity contribution is -0.384. The summed E-state index contributed by atoms with van der Waals surface area (Å²) in [5.41, 5.74) is 8.55. The Hall–Kier alpha value is -2.60. The molecular weight excluding hydrogens is 228 g/mol. The highest BCUT2D eigenvalue weighted by atomic mass is 16.6. The molecule has 0 saturated carbocycles. The Labute approximate surface area is 95.6 Å². The van der Waals surface area contributed by atoms with E-state index in [9.17, 15) is 14.9 Å². The minimum absolute atomic E-state index is 0.113. The molecule has 0 bridgehead atoms. The lowest BCUT2D eigenvalue weighted by Crippen LogP contribution is -2.11.